The molecule has 1 N–H and O–H groups in total. The summed E-state index contributed by atoms with van der Waals surface area (Å²) >= 11 is 1.54. The molecule has 2 aromatic rings. The van der Waals surface area contributed by atoms with E-state index in [1.54, 1.807) is 11.3 Å². The Hall–Kier alpha value is -2.47. The molecule has 23 heavy (non-hydrogen) atoms. The second-order valence-corrected chi connectivity index (χ2v) is 5.78. The van der Waals surface area contributed by atoms with Gasteiger partial charge in [0.05, 0.1) is 6.04 Å². The van der Waals surface area contributed by atoms with Crippen molar-refractivity contribution >= 4 is 29.3 Å². The monoisotopic (exact) mass is 333 g/mol. The zero-order valence-corrected chi connectivity index (χ0v) is 13.3. The first kappa shape index (κ1) is 16.9. The zero-order chi connectivity index (χ0) is 16.7. The van der Waals surface area contributed by atoms with Crippen LogP contribution in [-0.2, 0) is 14.3 Å². The normalized spacial score (nSPS) is 12.1. The minimum atomic E-state index is -0.631. The summed E-state index contributed by atoms with van der Waals surface area (Å²) in [5.41, 5.74) is 0.666. The van der Waals surface area contributed by atoms with Gasteiger partial charge in [-0.1, -0.05) is 18.2 Å². The molecule has 1 aromatic heterocycles. The van der Waals surface area contributed by atoms with Crippen LogP contribution in [0.25, 0.3) is 6.08 Å². The quantitative estimate of drug-likeness (QED) is 0.652. The smallest absolute Gasteiger partial charge is 0.331 e. The summed E-state index contributed by atoms with van der Waals surface area (Å²) in [7, 11) is 0. The molecule has 0 bridgehead atoms. The number of amides is 1. The van der Waals surface area contributed by atoms with Crippen molar-refractivity contribution in [1.29, 1.82) is 0 Å². The van der Waals surface area contributed by atoms with Gasteiger partial charge in [-0.2, -0.15) is 0 Å². The van der Waals surface area contributed by atoms with Crippen LogP contribution in [0.5, 0.6) is 0 Å². The average molecular weight is 333 g/mol. The Kier molecular flexibility index (Phi) is 6.05. The molecule has 0 saturated carbocycles. The van der Waals surface area contributed by atoms with Gasteiger partial charge in [-0.15, -0.1) is 11.3 Å². The van der Waals surface area contributed by atoms with Gasteiger partial charge in [0.15, 0.2) is 6.61 Å². The summed E-state index contributed by atoms with van der Waals surface area (Å²) in [6.45, 7) is 1.52. The summed E-state index contributed by atoms with van der Waals surface area (Å²) in [6.07, 6.45) is 2.69. The number of carbonyl (C=O) groups is 2. The van der Waals surface area contributed by atoms with E-state index >= 15 is 0 Å². The predicted octanol–water partition coefficient (Wildman–Crippen LogP) is 3.32. The number of esters is 1. The molecule has 0 saturated heterocycles. The first-order valence-electron chi connectivity index (χ1n) is 6.98. The van der Waals surface area contributed by atoms with Crippen LogP contribution in [-0.4, -0.2) is 18.5 Å². The van der Waals surface area contributed by atoms with Crippen molar-refractivity contribution in [1.82, 2.24) is 5.32 Å². The minimum absolute atomic E-state index is 0.129. The number of hydrogen-bond acceptors (Lipinski definition) is 4. The number of hydrogen-bond donors (Lipinski definition) is 1. The molecule has 4 nitrogen and oxygen atoms in total. The molecule has 6 heteroatoms. The van der Waals surface area contributed by atoms with E-state index in [1.807, 2.05) is 24.4 Å². The fourth-order valence-electron chi connectivity index (χ4n) is 1.81. The second kappa shape index (κ2) is 8.24. The van der Waals surface area contributed by atoms with Crippen LogP contribution in [0.3, 0.4) is 0 Å². The molecule has 0 radical (unpaired) electrons. The fourth-order valence-corrected chi connectivity index (χ4v) is 2.55. The number of carbonyl (C=O) groups excluding carboxylic acids is 2. The molecule has 0 aliphatic heterocycles. The SMILES string of the molecule is C[C@@H](NC(=O)COC(=O)/C=C/c1ccc(F)cc1)c1cccs1. The van der Waals surface area contributed by atoms with E-state index in [9.17, 15) is 14.0 Å². The topological polar surface area (TPSA) is 55.4 Å². The molecule has 1 atom stereocenters. The van der Waals surface area contributed by atoms with Gasteiger partial charge in [0.1, 0.15) is 5.82 Å². The molecule has 0 spiro atoms. The van der Waals surface area contributed by atoms with E-state index in [0.29, 0.717) is 5.56 Å². The molecule has 0 aliphatic rings. The van der Waals surface area contributed by atoms with Gasteiger partial charge in [-0.25, -0.2) is 9.18 Å². The van der Waals surface area contributed by atoms with Crippen molar-refractivity contribution in [3.63, 3.8) is 0 Å². The zero-order valence-electron chi connectivity index (χ0n) is 12.5. The van der Waals surface area contributed by atoms with Gasteiger partial charge >= 0.3 is 5.97 Å². The van der Waals surface area contributed by atoms with Crippen LogP contribution < -0.4 is 5.32 Å². The predicted molar refractivity (Wildman–Crippen MR) is 87.3 cm³/mol. The van der Waals surface area contributed by atoms with Crippen molar-refractivity contribution < 1.29 is 18.7 Å². The van der Waals surface area contributed by atoms with Crippen molar-refractivity contribution in [3.05, 3.63) is 64.1 Å². The Morgan fingerprint density at radius 1 is 1.30 bits per heavy atom. The maximum Gasteiger partial charge on any atom is 0.331 e. The third kappa shape index (κ3) is 5.67. The highest BCUT2D eigenvalue weighted by Gasteiger charge is 2.11. The molecule has 0 aliphatic carbocycles. The number of benzene rings is 1. The van der Waals surface area contributed by atoms with Crippen molar-refractivity contribution in [3.8, 4) is 0 Å². The highest BCUT2D eigenvalue weighted by Crippen LogP contribution is 2.17. The lowest BCUT2D eigenvalue weighted by molar-refractivity contribution is -0.144. The van der Waals surface area contributed by atoms with Crippen LogP contribution >= 0.6 is 11.3 Å². The van der Waals surface area contributed by atoms with E-state index < -0.39 is 5.97 Å². The molecule has 120 valence electrons. The highest BCUT2D eigenvalue weighted by molar-refractivity contribution is 7.10. The lowest BCUT2D eigenvalue weighted by Crippen LogP contribution is -2.30. The molecule has 1 amide bonds. The van der Waals surface area contributed by atoms with Gasteiger partial charge < -0.3 is 10.1 Å². The first-order chi connectivity index (χ1) is 11.0. The average Bonchev–Trinajstić information content (AvgIpc) is 3.07. The molecule has 0 unspecified atom stereocenters. The molecule has 0 fully saturated rings. The third-order valence-electron chi connectivity index (χ3n) is 2.97. The standard InChI is InChI=1S/C17H16FNO3S/c1-12(15-3-2-10-23-15)19-16(20)11-22-17(21)9-6-13-4-7-14(18)8-5-13/h2-10,12H,11H2,1H3,(H,19,20)/b9-6+/t12-/m1/s1. The Bertz CT molecular complexity index is 680. The van der Waals surface area contributed by atoms with E-state index in [0.717, 1.165) is 4.88 Å². The third-order valence-corrected chi connectivity index (χ3v) is 4.03. The minimum Gasteiger partial charge on any atom is -0.452 e. The molecule has 2 rings (SSSR count). The Balaban J connectivity index is 1.75. The first-order valence-corrected chi connectivity index (χ1v) is 7.86. The maximum atomic E-state index is 12.7. The Labute approximate surface area is 137 Å². The maximum absolute atomic E-state index is 12.7. The lowest BCUT2D eigenvalue weighted by Gasteiger charge is -2.11. The summed E-state index contributed by atoms with van der Waals surface area (Å²) in [5, 5.41) is 4.67. The van der Waals surface area contributed by atoms with Crippen molar-refractivity contribution in [2.24, 2.45) is 0 Å². The van der Waals surface area contributed by atoms with Gasteiger partial charge in [-0.05, 0) is 42.1 Å². The summed E-state index contributed by atoms with van der Waals surface area (Å²) in [4.78, 5) is 24.3. The van der Waals surface area contributed by atoms with Gasteiger partial charge in [-0.3, -0.25) is 4.79 Å². The lowest BCUT2D eigenvalue weighted by atomic mass is 10.2. The molecular weight excluding hydrogens is 317 g/mol. The summed E-state index contributed by atoms with van der Waals surface area (Å²) < 4.78 is 17.6. The van der Waals surface area contributed by atoms with E-state index in [1.165, 1.54) is 36.4 Å². The van der Waals surface area contributed by atoms with E-state index in [-0.39, 0.29) is 24.4 Å². The largest absolute Gasteiger partial charge is 0.452 e. The number of thiophene rings is 1. The molecule has 1 aromatic carbocycles. The fraction of sp³-hybridized carbons (Fsp3) is 0.176. The Morgan fingerprint density at radius 2 is 2.04 bits per heavy atom. The van der Waals surface area contributed by atoms with Crippen LogP contribution in [0.2, 0.25) is 0 Å². The van der Waals surface area contributed by atoms with E-state index in [4.69, 9.17) is 4.74 Å². The number of rotatable bonds is 6. The van der Waals surface area contributed by atoms with Crippen LogP contribution in [0.1, 0.15) is 23.4 Å². The van der Waals surface area contributed by atoms with Gasteiger partial charge in [0.2, 0.25) is 0 Å². The highest BCUT2D eigenvalue weighted by atomic mass is 32.1. The van der Waals surface area contributed by atoms with Crippen molar-refractivity contribution in [2.45, 2.75) is 13.0 Å². The van der Waals surface area contributed by atoms with Gasteiger partial charge in [0.25, 0.3) is 5.91 Å². The number of nitrogens with one attached hydrogen (secondary N) is 1. The summed E-state index contributed by atoms with van der Waals surface area (Å²) in [5.74, 6) is -1.34. The number of halogens is 1. The Morgan fingerprint density at radius 3 is 2.70 bits per heavy atom. The molecular formula is C17H16FNO3S. The van der Waals surface area contributed by atoms with Gasteiger partial charge in [0, 0.05) is 11.0 Å². The summed E-state index contributed by atoms with van der Waals surface area (Å²) in [6, 6.07) is 9.37. The van der Waals surface area contributed by atoms with Crippen molar-refractivity contribution in [2.75, 3.05) is 6.61 Å². The molecule has 1 heterocycles. The van der Waals surface area contributed by atoms with E-state index in [2.05, 4.69) is 5.32 Å². The van der Waals surface area contributed by atoms with Crippen LogP contribution in [0.15, 0.2) is 47.9 Å². The van der Waals surface area contributed by atoms with Crippen LogP contribution in [0.4, 0.5) is 4.39 Å². The number of ether oxygens (including phenoxy) is 1. The van der Waals surface area contributed by atoms with Crippen LogP contribution in [0, 0.1) is 5.82 Å². The second-order valence-electron chi connectivity index (χ2n) is 4.80.